The van der Waals surface area contributed by atoms with Crippen LogP contribution in [0.4, 0.5) is 0 Å². The number of unbranched alkanes of at least 4 members (excludes halogenated alkanes) is 3. The minimum atomic E-state index is -0.976. The number of aromatic nitrogens is 2. The molecule has 3 aromatic rings. The molecule has 0 bridgehead atoms. The van der Waals surface area contributed by atoms with Crippen LogP contribution in [0.2, 0.25) is 0 Å². The zero-order valence-electron chi connectivity index (χ0n) is 16.0. The van der Waals surface area contributed by atoms with E-state index in [1.807, 2.05) is 24.3 Å². The highest BCUT2D eigenvalue weighted by atomic mass is 16.5. The second-order valence-corrected chi connectivity index (χ2v) is 6.55. The van der Waals surface area contributed by atoms with Crippen LogP contribution in [-0.2, 0) is 0 Å². The third-order valence-electron chi connectivity index (χ3n) is 4.47. The molecule has 0 aliphatic heterocycles. The van der Waals surface area contributed by atoms with Crippen molar-refractivity contribution in [1.29, 1.82) is 0 Å². The van der Waals surface area contributed by atoms with E-state index < -0.39 is 5.97 Å². The molecule has 5 heteroatoms. The van der Waals surface area contributed by atoms with E-state index >= 15 is 0 Å². The Morgan fingerprint density at radius 2 is 1.79 bits per heavy atom. The van der Waals surface area contributed by atoms with Crippen LogP contribution < -0.4 is 4.74 Å². The molecule has 1 N–H and O–H groups in total. The van der Waals surface area contributed by atoms with Gasteiger partial charge in [-0.1, -0.05) is 44.4 Å². The minimum absolute atomic E-state index is 0.221. The molecule has 1 aromatic heterocycles. The standard InChI is InChI=1S/C23H24N2O3/c1-2-3-4-7-16-28-18-12-10-17(11-13-18)22-24-15-14-21(25-22)19-8-5-6-9-20(19)23(26)27/h5-6,8-15H,2-4,7,16H2,1H3,(H,26,27). The van der Waals surface area contributed by atoms with Crippen molar-refractivity contribution in [1.82, 2.24) is 9.97 Å². The van der Waals surface area contributed by atoms with Gasteiger partial charge in [-0.05, 0) is 42.8 Å². The number of aromatic carboxylic acids is 1. The molecule has 0 saturated carbocycles. The van der Waals surface area contributed by atoms with Crippen molar-refractivity contribution < 1.29 is 14.6 Å². The van der Waals surface area contributed by atoms with Crippen molar-refractivity contribution in [2.75, 3.05) is 6.61 Å². The van der Waals surface area contributed by atoms with Gasteiger partial charge < -0.3 is 9.84 Å². The largest absolute Gasteiger partial charge is 0.494 e. The molecule has 5 nitrogen and oxygen atoms in total. The first-order chi connectivity index (χ1) is 13.7. The van der Waals surface area contributed by atoms with Gasteiger partial charge in [0.15, 0.2) is 5.82 Å². The van der Waals surface area contributed by atoms with Crippen LogP contribution in [0.3, 0.4) is 0 Å². The van der Waals surface area contributed by atoms with E-state index in [0.717, 1.165) is 24.3 Å². The van der Waals surface area contributed by atoms with Gasteiger partial charge in [-0.25, -0.2) is 14.8 Å². The van der Waals surface area contributed by atoms with Gasteiger partial charge in [-0.15, -0.1) is 0 Å². The van der Waals surface area contributed by atoms with Gasteiger partial charge in [-0.3, -0.25) is 0 Å². The zero-order chi connectivity index (χ0) is 19.8. The molecule has 0 radical (unpaired) electrons. The Kier molecular flexibility index (Phi) is 6.73. The highest BCUT2D eigenvalue weighted by Crippen LogP contribution is 2.25. The van der Waals surface area contributed by atoms with E-state index in [0.29, 0.717) is 17.1 Å². The average molecular weight is 376 g/mol. The van der Waals surface area contributed by atoms with Gasteiger partial charge in [-0.2, -0.15) is 0 Å². The summed E-state index contributed by atoms with van der Waals surface area (Å²) in [5.74, 6) is 0.399. The molecule has 3 rings (SSSR count). The van der Waals surface area contributed by atoms with Crippen molar-refractivity contribution in [2.45, 2.75) is 32.6 Å². The molecule has 0 spiro atoms. The van der Waals surface area contributed by atoms with Crippen molar-refractivity contribution in [3.8, 4) is 28.4 Å². The van der Waals surface area contributed by atoms with Gasteiger partial charge in [0.25, 0.3) is 0 Å². The van der Waals surface area contributed by atoms with E-state index in [1.165, 1.54) is 19.3 Å². The van der Waals surface area contributed by atoms with Crippen molar-refractivity contribution >= 4 is 5.97 Å². The molecule has 0 saturated heterocycles. The molecule has 0 aliphatic carbocycles. The first kappa shape index (κ1) is 19.5. The summed E-state index contributed by atoms with van der Waals surface area (Å²) in [7, 11) is 0. The topological polar surface area (TPSA) is 72.3 Å². The molecule has 0 atom stereocenters. The SMILES string of the molecule is CCCCCCOc1ccc(-c2nccc(-c3ccccc3C(=O)O)n2)cc1. The normalized spacial score (nSPS) is 10.6. The Morgan fingerprint density at radius 3 is 2.54 bits per heavy atom. The number of ether oxygens (including phenoxy) is 1. The number of rotatable bonds is 9. The number of nitrogens with zero attached hydrogens (tertiary/aromatic N) is 2. The van der Waals surface area contributed by atoms with Crippen LogP contribution in [0, 0.1) is 0 Å². The predicted molar refractivity (Wildman–Crippen MR) is 110 cm³/mol. The highest BCUT2D eigenvalue weighted by molar-refractivity contribution is 5.95. The van der Waals surface area contributed by atoms with Gasteiger partial charge in [0.2, 0.25) is 0 Å². The quantitative estimate of drug-likeness (QED) is 0.502. The van der Waals surface area contributed by atoms with E-state index in [1.54, 1.807) is 36.5 Å². The van der Waals surface area contributed by atoms with E-state index in [2.05, 4.69) is 16.9 Å². The number of carbonyl (C=O) groups is 1. The lowest BCUT2D eigenvalue weighted by molar-refractivity contribution is 0.0697. The minimum Gasteiger partial charge on any atom is -0.494 e. The smallest absolute Gasteiger partial charge is 0.336 e. The molecule has 0 unspecified atom stereocenters. The summed E-state index contributed by atoms with van der Waals surface area (Å²) in [5.41, 5.74) is 2.23. The maximum absolute atomic E-state index is 11.5. The van der Waals surface area contributed by atoms with Gasteiger partial charge in [0, 0.05) is 17.3 Å². The summed E-state index contributed by atoms with van der Waals surface area (Å²) in [5, 5.41) is 9.41. The summed E-state index contributed by atoms with van der Waals surface area (Å²) in [6, 6.07) is 16.2. The van der Waals surface area contributed by atoms with Crippen LogP contribution in [0.25, 0.3) is 22.6 Å². The fraction of sp³-hybridized carbons (Fsp3) is 0.261. The number of hydrogen-bond acceptors (Lipinski definition) is 4. The van der Waals surface area contributed by atoms with Crippen LogP contribution in [0.5, 0.6) is 5.75 Å². The molecule has 1 heterocycles. The van der Waals surface area contributed by atoms with E-state index in [-0.39, 0.29) is 5.56 Å². The first-order valence-corrected chi connectivity index (χ1v) is 9.58. The Balaban J connectivity index is 1.75. The number of carboxylic acid groups (broad SMARTS) is 1. The Labute approximate surface area is 165 Å². The third kappa shape index (κ3) is 4.94. The molecule has 144 valence electrons. The molecule has 28 heavy (non-hydrogen) atoms. The lowest BCUT2D eigenvalue weighted by Gasteiger charge is -2.08. The van der Waals surface area contributed by atoms with Crippen molar-refractivity contribution in [3.63, 3.8) is 0 Å². The maximum atomic E-state index is 11.5. The van der Waals surface area contributed by atoms with Crippen molar-refractivity contribution in [3.05, 3.63) is 66.4 Å². The molecular formula is C23H24N2O3. The second kappa shape index (κ2) is 9.65. The van der Waals surface area contributed by atoms with Crippen LogP contribution >= 0.6 is 0 Å². The lowest BCUT2D eigenvalue weighted by atomic mass is 10.0. The van der Waals surface area contributed by atoms with Crippen molar-refractivity contribution in [2.24, 2.45) is 0 Å². The van der Waals surface area contributed by atoms with E-state index in [9.17, 15) is 9.90 Å². The average Bonchev–Trinajstić information content (AvgIpc) is 2.74. The summed E-state index contributed by atoms with van der Waals surface area (Å²) in [6.45, 7) is 2.91. The fourth-order valence-corrected chi connectivity index (χ4v) is 2.96. The van der Waals surface area contributed by atoms with Crippen LogP contribution in [-0.4, -0.2) is 27.7 Å². The molecule has 2 aromatic carbocycles. The number of carboxylic acids is 1. The summed E-state index contributed by atoms with van der Waals surface area (Å²) in [4.78, 5) is 20.4. The molecule has 0 fully saturated rings. The molecule has 0 amide bonds. The summed E-state index contributed by atoms with van der Waals surface area (Å²) >= 11 is 0. The maximum Gasteiger partial charge on any atom is 0.336 e. The Bertz CT molecular complexity index is 923. The number of benzene rings is 2. The predicted octanol–water partition coefficient (Wildman–Crippen LogP) is 5.47. The monoisotopic (exact) mass is 376 g/mol. The van der Waals surface area contributed by atoms with Crippen LogP contribution in [0.1, 0.15) is 43.0 Å². The zero-order valence-corrected chi connectivity index (χ0v) is 16.0. The van der Waals surface area contributed by atoms with Gasteiger partial charge in [0.1, 0.15) is 5.75 Å². The van der Waals surface area contributed by atoms with Gasteiger partial charge >= 0.3 is 5.97 Å². The Hall–Kier alpha value is -3.21. The van der Waals surface area contributed by atoms with Gasteiger partial charge in [0.05, 0.1) is 17.9 Å². The second-order valence-electron chi connectivity index (χ2n) is 6.55. The lowest BCUT2D eigenvalue weighted by Crippen LogP contribution is -2.01. The highest BCUT2D eigenvalue weighted by Gasteiger charge is 2.13. The fourth-order valence-electron chi connectivity index (χ4n) is 2.96. The molecular weight excluding hydrogens is 352 g/mol. The first-order valence-electron chi connectivity index (χ1n) is 9.58. The van der Waals surface area contributed by atoms with Crippen LogP contribution in [0.15, 0.2) is 60.8 Å². The van der Waals surface area contributed by atoms with E-state index in [4.69, 9.17) is 4.74 Å². The third-order valence-corrected chi connectivity index (χ3v) is 4.47. The number of hydrogen-bond donors (Lipinski definition) is 1. The summed E-state index contributed by atoms with van der Waals surface area (Å²) < 4.78 is 5.77. The molecule has 0 aliphatic rings. The summed E-state index contributed by atoms with van der Waals surface area (Å²) in [6.07, 6.45) is 6.34. The Morgan fingerprint density at radius 1 is 1.00 bits per heavy atom.